The molecule has 0 amide bonds. The summed E-state index contributed by atoms with van der Waals surface area (Å²) in [7, 11) is -3.56. The van der Waals surface area contributed by atoms with E-state index in [0.717, 1.165) is 5.56 Å². The lowest BCUT2D eigenvalue weighted by atomic mass is 10.1. The normalized spacial score (nSPS) is 11.7. The van der Waals surface area contributed by atoms with E-state index in [4.69, 9.17) is 9.84 Å². The molecular weight excluding hydrogens is 266 g/mol. The summed E-state index contributed by atoms with van der Waals surface area (Å²) in [6, 6.07) is 4.99. The molecule has 1 aromatic rings. The lowest BCUT2D eigenvalue weighted by Gasteiger charge is -2.12. The molecule has 0 aliphatic carbocycles. The van der Waals surface area contributed by atoms with E-state index in [-0.39, 0.29) is 18.0 Å². The van der Waals surface area contributed by atoms with Crippen LogP contribution < -0.4 is 4.72 Å². The van der Waals surface area contributed by atoms with E-state index in [2.05, 4.69) is 4.72 Å². The third kappa shape index (κ3) is 4.58. The number of ether oxygens (including phenoxy) is 1. The minimum Gasteiger partial charge on any atom is -0.392 e. The Kier molecular flexibility index (Phi) is 6.44. The summed E-state index contributed by atoms with van der Waals surface area (Å²) in [5.41, 5.74) is 1.32. The molecule has 0 saturated heterocycles. The number of sulfonamides is 1. The molecule has 2 N–H and O–H groups in total. The van der Waals surface area contributed by atoms with Crippen LogP contribution in [0.5, 0.6) is 0 Å². The molecule has 0 saturated carbocycles. The fourth-order valence-corrected chi connectivity index (χ4v) is 3.08. The van der Waals surface area contributed by atoms with E-state index >= 15 is 0 Å². The van der Waals surface area contributed by atoms with Crippen molar-refractivity contribution >= 4 is 10.0 Å². The molecule has 0 heterocycles. The molecule has 0 spiro atoms. The lowest BCUT2D eigenvalue weighted by Crippen LogP contribution is -2.28. The zero-order valence-corrected chi connectivity index (χ0v) is 12.2. The van der Waals surface area contributed by atoms with Gasteiger partial charge in [0.25, 0.3) is 0 Å². The van der Waals surface area contributed by atoms with Gasteiger partial charge in [0.2, 0.25) is 10.0 Å². The topological polar surface area (TPSA) is 75.6 Å². The molecule has 0 atom stereocenters. The van der Waals surface area contributed by atoms with Crippen molar-refractivity contribution in [3.63, 3.8) is 0 Å². The summed E-state index contributed by atoms with van der Waals surface area (Å²) >= 11 is 0. The molecule has 0 radical (unpaired) electrons. The smallest absolute Gasteiger partial charge is 0.240 e. The molecular formula is C13H21NO4S. The zero-order chi connectivity index (χ0) is 14.3. The summed E-state index contributed by atoms with van der Waals surface area (Å²) in [5, 5.41) is 9.10. The van der Waals surface area contributed by atoms with Crippen LogP contribution in [0.15, 0.2) is 23.1 Å². The van der Waals surface area contributed by atoms with Gasteiger partial charge in [0.05, 0.1) is 18.1 Å². The minimum atomic E-state index is -3.56. The molecule has 1 rings (SSSR count). The van der Waals surface area contributed by atoms with Crippen LogP contribution in [0.4, 0.5) is 0 Å². The van der Waals surface area contributed by atoms with Crippen molar-refractivity contribution in [3.8, 4) is 0 Å². The van der Waals surface area contributed by atoms with Crippen LogP contribution in [-0.4, -0.2) is 33.3 Å². The number of benzene rings is 1. The molecule has 0 aliphatic rings. The number of nitrogens with one attached hydrogen (secondary N) is 1. The predicted octanol–water partition coefficient (Wildman–Crippen LogP) is 1.06. The van der Waals surface area contributed by atoms with Gasteiger partial charge >= 0.3 is 0 Å². The van der Waals surface area contributed by atoms with Crippen molar-refractivity contribution in [2.24, 2.45) is 0 Å². The first-order valence-corrected chi connectivity index (χ1v) is 7.83. The van der Waals surface area contributed by atoms with Crippen molar-refractivity contribution in [3.05, 3.63) is 29.3 Å². The van der Waals surface area contributed by atoms with Gasteiger partial charge < -0.3 is 9.84 Å². The van der Waals surface area contributed by atoms with Gasteiger partial charge in [-0.25, -0.2) is 13.1 Å². The quantitative estimate of drug-likeness (QED) is 0.701. The number of rotatable bonds is 8. The van der Waals surface area contributed by atoms with Crippen molar-refractivity contribution in [1.82, 2.24) is 4.72 Å². The van der Waals surface area contributed by atoms with E-state index in [1.165, 1.54) is 6.07 Å². The summed E-state index contributed by atoms with van der Waals surface area (Å²) in [5.74, 6) is 0. The van der Waals surface area contributed by atoms with Crippen LogP contribution in [0.1, 0.15) is 25.0 Å². The van der Waals surface area contributed by atoms with Crippen molar-refractivity contribution < 1.29 is 18.3 Å². The maximum atomic E-state index is 12.2. The van der Waals surface area contributed by atoms with Crippen LogP contribution >= 0.6 is 0 Å². The maximum absolute atomic E-state index is 12.2. The Morgan fingerprint density at radius 1 is 1.32 bits per heavy atom. The molecule has 19 heavy (non-hydrogen) atoms. The molecule has 5 nitrogen and oxygen atoms in total. The fourth-order valence-electron chi connectivity index (χ4n) is 1.71. The molecule has 6 heteroatoms. The zero-order valence-electron chi connectivity index (χ0n) is 11.3. The van der Waals surface area contributed by atoms with Crippen LogP contribution in [0.3, 0.4) is 0 Å². The Labute approximate surface area is 114 Å². The van der Waals surface area contributed by atoms with E-state index in [1.54, 1.807) is 12.1 Å². The third-order valence-electron chi connectivity index (χ3n) is 2.73. The highest BCUT2D eigenvalue weighted by molar-refractivity contribution is 7.89. The molecule has 0 fully saturated rings. The van der Waals surface area contributed by atoms with Crippen LogP contribution in [0.2, 0.25) is 0 Å². The summed E-state index contributed by atoms with van der Waals surface area (Å²) in [6.45, 7) is 4.72. The Morgan fingerprint density at radius 3 is 2.63 bits per heavy atom. The highest BCUT2D eigenvalue weighted by Gasteiger charge is 2.17. The van der Waals surface area contributed by atoms with E-state index in [0.29, 0.717) is 25.2 Å². The Balaban J connectivity index is 2.92. The van der Waals surface area contributed by atoms with Crippen LogP contribution in [0, 0.1) is 0 Å². The van der Waals surface area contributed by atoms with Gasteiger partial charge in [-0.15, -0.1) is 0 Å². The molecule has 0 aliphatic heterocycles. The van der Waals surface area contributed by atoms with Gasteiger partial charge in [-0.1, -0.05) is 19.1 Å². The monoisotopic (exact) mass is 287 g/mol. The van der Waals surface area contributed by atoms with Gasteiger partial charge in [0.15, 0.2) is 0 Å². The standard InChI is InChI=1S/C13H21NO4S/c1-3-12-6-5-11(10-15)9-13(12)19(16,17)14-7-8-18-4-2/h5-6,9,14-15H,3-4,7-8,10H2,1-2H3. The average molecular weight is 287 g/mol. The largest absolute Gasteiger partial charge is 0.392 e. The highest BCUT2D eigenvalue weighted by atomic mass is 32.2. The Morgan fingerprint density at radius 2 is 2.05 bits per heavy atom. The highest BCUT2D eigenvalue weighted by Crippen LogP contribution is 2.18. The number of hydrogen-bond acceptors (Lipinski definition) is 4. The van der Waals surface area contributed by atoms with E-state index in [9.17, 15) is 8.42 Å². The molecule has 0 aromatic heterocycles. The van der Waals surface area contributed by atoms with Gasteiger partial charge in [-0.05, 0) is 30.5 Å². The van der Waals surface area contributed by atoms with Crippen LogP contribution in [0.25, 0.3) is 0 Å². The summed E-state index contributed by atoms with van der Waals surface area (Å²) in [4.78, 5) is 0.234. The van der Waals surface area contributed by atoms with Crippen molar-refractivity contribution in [1.29, 1.82) is 0 Å². The maximum Gasteiger partial charge on any atom is 0.240 e. The second-order valence-corrected chi connectivity index (χ2v) is 5.78. The Hall–Kier alpha value is -0.950. The van der Waals surface area contributed by atoms with Gasteiger partial charge in [0, 0.05) is 13.2 Å². The summed E-state index contributed by atoms with van der Waals surface area (Å²) in [6.07, 6.45) is 0.618. The second-order valence-electron chi connectivity index (χ2n) is 4.05. The number of hydrogen-bond donors (Lipinski definition) is 2. The first-order chi connectivity index (χ1) is 9.05. The average Bonchev–Trinajstić information content (AvgIpc) is 2.43. The van der Waals surface area contributed by atoms with Crippen LogP contribution in [-0.2, 0) is 27.8 Å². The lowest BCUT2D eigenvalue weighted by molar-refractivity contribution is 0.153. The van der Waals surface area contributed by atoms with Gasteiger partial charge in [-0.3, -0.25) is 0 Å². The van der Waals surface area contributed by atoms with E-state index < -0.39 is 10.0 Å². The third-order valence-corrected chi connectivity index (χ3v) is 4.27. The molecule has 1 aromatic carbocycles. The number of aliphatic hydroxyl groups excluding tert-OH is 1. The Bertz CT molecular complexity index is 499. The number of aryl methyl sites for hydroxylation is 1. The molecule has 0 unspecified atom stereocenters. The van der Waals surface area contributed by atoms with Gasteiger partial charge in [0.1, 0.15) is 0 Å². The SMILES string of the molecule is CCOCCNS(=O)(=O)c1cc(CO)ccc1CC. The molecule has 108 valence electrons. The number of aliphatic hydroxyl groups is 1. The first-order valence-electron chi connectivity index (χ1n) is 6.35. The first kappa shape index (κ1) is 16.1. The fraction of sp³-hybridized carbons (Fsp3) is 0.538. The molecule has 0 bridgehead atoms. The van der Waals surface area contributed by atoms with E-state index in [1.807, 2.05) is 13.8 Å². The van der Waals surface area contributed by atoms with Gasteiger partial charge in [-0.2, -0.15) is 0 Å². The van der Waals surface area contributed by atoms with Crippen molar-refractivity contribution in [2.75, 3.05) is 19.8 Å². The summed E-state index contributed by atoms with van der Waals surface area (Å²) < 4.78 is 32.0. The second kappa shape index (κ2) is 7.59. The van der Waals surface area contributed by atoms with Crippen molar-refractivity contribution in [2.45, 2.75) is 31.8 Å². The minimum absolute atomic E-state index is 0.175. The predicted molar refractivity (Wildman–Crippen MR) is 73.4 cm³/mol.